The number of H-pyrrole nitrogens is 1. The fourth-order valence-electron chi connectivity index (χ4n) is 5.43. The Morgan fingerprint density at radius 1 is 0.950 bits per heavy atom. The first-order chi connectivity index (χ1) is 19.4. The monoisotopic (exact) mass is 539 g/mol. The number of hydrogen-bond donors (Lipinski definition) is 3. The van der Waals surface area contributed by atoms with Gasteiger partial charge < -0.3 is 20.5 Å². The number of aromatic amines is 1. The van der Waals surface area contributed by atoms with Crippen LogP contribution in [-0.2, 0) is 11.2 Å². The Hall–Kier alpha value is -4.24. The van der Waals surface area contributed by atoms with Gasteiger partial charge in [0, 0.05) is 57.3 Å². The maximum Gasteiger partial charge on any atom is 0.270 e. The average molecular weight is 540 g/mol. The summed E-state index contributed by atoms with van der Waals surface area (Å²) >= 11 is 0. The molecule has 3 N–H and O–H groups in total. The molecule has 2 amide bonds. The van der Waals surface area contributed by atoms with Gasteiger partial charge in [-0.05, 0) is 31.9 Å². The van der Waals surface area contributed by atoms with E-state index in [4.69, 9.17) is 9.97 Å². The topological polar surface area (TPSA) is 106 Å². The molecule has 2 atom stereocenters. The summed E-state index contributed by atoms with van der Waals surface area (Å²) in [4.78, 5) is 42.2. The maximum atomic E-state index is 13.7. The molecular weight excluding hydrogens is 502 g/mol. The summed E-state index contributed by atoms with van der Waals surface area (Å²) in [5, 5.41) is 6.85. The molecule has 0 aliphatic carbocycles. The van der Waals surface area contributed by atoms with Crippen molar-refractivity contribution >= 4 is 28.7 Å². The molecule has 1 aliphatic heterocycles. The van der Waals surface area contributed by atoms with Crippen molar-refractivity contribution in [2.75, 3.05) is 38.0 Å². The van der Waals surface area contributed by atoms with Crippen molar-refractivity contribution in [1.29, 1.82) is 0 Å². The van der Waals surface area contributed by atoms with E-state index in [1.165, 1.54) is 12.5 Å². The summed E-state index contributed by atoms with van der Waals surface area (Å²) in [5.41, 5.74) is 3.31. The van der Waals surface area contributed by atoms with E-state index in [1.54, 1.807) is 0 Å². The second-order valence-electron chi connectivity index (χ2n) is 10.5. The van der Waals surface area contributed by atoms with Crippen molar-refractivity contribution in [3.63, 3.8) is 0 Å². The van der Waals surface area contributed by atoms with Crippen LogP contribution >= 0.6 is 0 Å². The molecule has 208 valence electrons. The lowest BCUT2D eigenvalue weighted by Gasteiger charge is -2.44. The van der Waals surface area contributed by atoms with E-state index in [0.29, 0.717) is 49.2 Å². The molecule has 0 saturated carbocycles. The van der Waals surface area contributed by atoms with Crippen LogP contribution in [0.25, 0.3) is 22.4 Å². The Balaban J connectivity index is 1.34. The van der Waals surface area contributed by atoms with Gasteiger partial charge in [0.25, 0.3) is 5.91 Å². The molecule has 0 unspecified atom stereocenters. The molecule has 9 heteroatoms. The average Bonchev–Trinajstić information content (AvgIpc) is 3.40. The van der Waals surface area contributed by atoms with E-state index in [1.807, 2.05) is 47.4 Å². The lowest BCUT2D eigenvalue weighted by atomic mass is 10.1. The second kappa shape index (κ2) is 12.3. The summed E-state index contributed by atoms with van der Waals surface area (Å²) in [6, 6.07) is 22.6. The molecule has 1 saturated heterocycles. The minimum atomic E-state index is -0.0854. The molecular formula is C31H37N7O2. The Morgan fingerprint density at radius 3 is 2.30 bits per heavy atom. The summed E-state index contributed by atoms with van der Waals surface area (Å²) in [6.07, 6.45) is 0.992. The highest BCUT2D eigenvalue weighted by molar-refractivity contribution is 6.00. The van der Waals surface area contributed by atoms with Crippen molar-refractivity contribution in [2.45, 2.75) is 39.3 Å². The molecule has 1 aliphatic rings. The van der Waals surface area contributed by atoms with Crippen LogP contribution < -0.4 is 10.6 Å². The van der Waals surface area contributed by atoms with Gasteiger partial charge in [-0.15, -0.1) is 0 Å². The van der Waals surface area contributed by atoms with Crippen molar-refractivity contribution in [3.8, 4) is 11.4 Å². The van der Waals surface area contributed by atoms with Gasteiger partial charge in [0.2, 0.25) is 5.91 Å². The van der Waals surface area contributed by atoms with Crippen LogP contribution in [0.1, 0.15) is 36.8 Å². The molecule has 2 aromatic heterocycles. The quantitative estimate of drug-likeness (QED) is 0.278. The van der Waals surface area contributed by atoms with Gasteiger partial charge in [-0.2, -0.15) is 0 Å². The summed E-state index contributed by atoms with van der Waals surface area (Å²) in [7, 11) is 0. The second-order valence-corrected chi connectivity index (χ2v) is 10.5. The van der Waals surface area contributed by atoms with Crippen LogP contribution in [0.4, 0.5) is 5.82 Å². The number of carbonyl (C=O) groups is 2. The van der Waals surface area contributed by atoms with E-state index in [0.717, 1.165) is 23.9 Å². The van der Waals surface area contributed by atoms with Crippen LogP contribution in [0.5, 0.6) is 0 Å². The number of benzene rings is 2. The third-order valence-electron chi connectivity index (χ3n) is 7.43. The highest BCUT2D eigenvalue weighted by Gasteiger charge is 2.32. The largest absolute Gasteiger partial charge is 0.368 e. The van der Waals surface area contributed by atoms with Crippen molar-refractivity contribution in [3.05, 3.63) is 78.0 Å². The third kappa shape index (κ3) is 6.31. The zero-order valence-corrected chi connectivity index (χ0v) is 23.4. The lowest BCUT2D eigenvalue weighted by molar-refractivity contribution is -0.118. The SMILES string of the molecule is CC(=O)NCCNc1nc(-c2ccccc2)nc2[nH]c(C(=O)N3C[C@@H](C)N(CCc4ccccc4)[C@@H](C)C3)cc12. The number of nitrogens with one attached hydrogen (secondary N) is 3. The zero-order valence-electron chi connectivity index (χ0n) is 23.4. The predicted molar refractivity (Wildman–Crippen MR) is 158 cm³/mol. The molecule has 5 rings (SSSR count). The van der Waals surface area contributed by atoms with Crippen molar-refractivity contribution in [2.24, 2.45) is 0 Å². The highest BCUT2D eigenvalue weighted by Crippen LogP contribution is 2.27. The Bertz CT molecular complexity index is 1440. The molecule has 4 aromatic rings. The Morgan fingerprint density at radius 2 is 1.62 bits per heavy atom. The summed E-state index contributed by atoms with van der Waals surface area (Å²) in [6.45, 7) is 9.13. The fourth-order valence-corrected chi connectivity index (χ4v) is 5.43. The highest BCUT2D eigenvalue weighted by atomic mass is 16.2. The van der Waals surface area contributed by atoms with E-state index < -0.39 is 0 Å². The molecule has 0 spiro atoms. The van der Waals surface area contributed by atoms with Crippen LogP contribution in [0, 0.1) is 0 Å². The summed E-state index contributed by atoms with van der Waals surface area (Å²) in [5.74, 6) is 1.06. The third-order valence-corrected chi connectivity index (χ3v) is 7.43. The van der Waals surface area contributed by atoms with Gasteiger partial charge in [0.1, 0.15) is 17.2 Å². The van der Waals surface area contributed by atoms with Crippen LogP contribution in [0.15, 0.2) is 66.7 Å². The van der Waals surface area contributed by atoms with Crippen molar-refractivity contribution in [1.82, 2.24) is 30.1 Å². The van der Waals surface area contributed by atoms with Gasteiger partial charge in [-0.25, -0.2) is 9.97 Å². The normalized spacial score (nSPS) is 17.6. The van der Waals surface area contributed by atoms with Crippen molar-refractivity contribution < 1.29 is 9.59 Å². The number of anilines is 1. The number of amides is 2. The van der Waals surface area contributed by atoms with E-state index in [2.05, 4.69) is 58.6 Å². The molecule has 0 radical (unpaired) electrons. The molecule has 1 fully saturated rings. The van der Waals surface area contributed by atoms with Gasteiger partial charge in [-0.1, -0.05) is 60.7 Å². The Labute approximate surface area is 235 Å². The minimum absolute atomic E-state index is 0.0372. The standard InChI is InChI=1S/C31H37N7O2/c1-21-19-37(20-22(2)38(21)17-14-24-10-6-4-7-11-24)31(40)27-18-26-29(33-16-15-32-23(3)39)35-28(36-30(26)34-27)25-12-8-5-9-13-25/h4-13,18,21-22H,14-17,19-20H2,1-3H3,(H,32,39)(H2,33,34,35,36)/t21-,22+. The number of rotatable bonds is 9. The Kier molecular flexibility index (Phi) is 8.40. The first-order valence-electron chi connectivity index (χ1n) is 13.9. The first kappa shape index (κ1) is 27.3. The van der Waals surface area contributed by atoms with Crippen LogP contribution in [0.2, 0.25) is 0 Å². The fraction of sp³-hybridized carbons (Fsp3) is 0.355. The van der Waals surface area contributed by atoms with Crippen LogP contribution in [-0.4, -0.2) is 81.4 Å². The number of nitrogens with zero attached hydrogens (tertiary/aromatic N) is 4. The summed E-state index contributed by atoms with van der Waals surface area (Å²) < 4.78 is 0. The molecule has 3 heterocycles. The molecule has 0 bridgehead atoms. The lowest BCUT2D eigenvalue weighted by Crippen LogP contribution is -2.58. The van der Waals surface area contributed by atoms with Gasteiger partial charge >= 0.3 is 0 Å². The van der Waals surface area contributed by atoms with E-state index in [9.17, 15) is 9.59 Å². The number of fused-ring (bicyclic) bond motifs is 1. The maximum absolute atomic E-state index is 13.7. The minimum Gasteiger partial charge on any atom is -0.368 e. The number of carbonyl (C=O) groups excluding carboxylic acids is 2. The number of aromatic nitrogens is 3. The van der Waals surface area contributed by atoms with E-state index in [-0.39, 0.29) is 23.9 Å². The van der Waals surface area contributed by atoms with Crippen LogP contribution in [0.3, 0.4) is 0 Å². The van der Waals surface area contributed by atoms with Gasteiger partial charge in [0.15, 0.2) is 5.82 Å². The van der Waals surface area contributed by atoms with Gasteiger partial charge in [-0.3, -0.25) is 14.5 Å². The predicted octanol–water partition coefficient (Wildman–Crippen LogP) is 3.95. The first-order valence-corrected chi connectivity index (χ1v) is 13.9. The van der Waals surface area contributed by atoms with Gasteiger partial charge in [0.05, 0.1) is 5.39 Å². The molecule has 9 nitrogen and oxygen atoms in total. The number of piperazine rings is 1. The molecule has 2 aromatic carbocycles. The van der Waals surface area contributed by atoms with E-state index >= 15 is 0 Å². The smallest absolute Gasteiger partial charge is 0.270 e. The molecule has 40 heavy (non-hydrogen) atoms. The number of hydrogen-bond acceptors (Lipinski definition) is 6. The zero-order chi connectivity index (χ0) is 28.1.